The minimum Gasteiger partial charge on any atom is -0.508 e. The minimum atomic E-state index is -3.26. The van der Waals surface area contributed by atoms with Crippen molar-refractivity contribution in [2.45, 2.75) is 48.6 Å². The second-order valence-corrected chi connectivity index (χ2v) is 12.4. The number of amides is 1. The fourth-order valence-electron chi connectivity index (χ4n) is 7.02. The van der Waals surface area contributed by atoms with Gasteiger partial charge >= 0.3 is 0 Å². The van der Waals surface area contributed by atoms with E-state index in [1.807, 2.05) is 24.1 Å². The summed E-state index contributed by atoms with van der Waals surface area (Å²) in [5.74, 6) is 0.292. The van der Waals surface area contributed by atoms with Crippen molar-refractivity contribution in [3.63, 3.8) is 0 Å². The average molecular weight is 455 g/mol. The lowest BCUT2D eigenvalue weighted by molar-refractivity contribution is -0.136. The number of benzene rings is 2. The molecule has 2 aromatic carbocycles. The fourth-order valence-corrected chi connectivity index (χ4v) is 7.65. The Labute approximate surface area is 189 Å². The first-order valence-electron chi connectivity index (χ1n) is 11.0. The molecule has 1 aliphatic heterocycles. The molecule has 4 atom stereocenters. The van der Waals surface area contributed by atoms with Crippen LogP contribution in [0, 0.1) is 5.41 Å². The Kier molecular flexibility index (Phi) is 4.57. The van der Waals surface area contributed by atoms with E-state index in [1.165, 1.54) is 11.8 Å². The first-order chi connectivity index (χ1) is 14.9. The number of fused-ring (bicyclic) bond motifs is 3. The van der Waals surface area contributed by atoms with Crippen LogP contribution in [0.4, 0.5) is 0 Å². The molecule has 1 N–H and O–H groups in total. The number of carbonyl (C=O) groups excluding carboxylic acids is 1. The highest BCUT2D eigenvalue weighted by molar-refractivity contribution is 7.90. The molecule has 1 saturated heterocycles. The van der Waals surface area contributed by atoms with Crippen LogP contribution in [0.15, 0.2) is 47.4 Å². The standard InChI is InChI=1S/C25H30N2O4S/c1-24-14-25(13-17-7-8-18(28)12-20(17)24)15-26(2)23(25)22(24)27(3)21(29)11-16-5-9-19(10-6-16)32(4,30)31/h5-10,12,22-23,28H,11,13-15H2,1-4H3/t22-,23-,24+,25?/m0/s1. The van der Waals surface area contributed by atoms with Crippen molar-refractivity contribution in [1.82, 2.24) is 9.80 Å². The zero-order valence-corrected chi connectivity index (χ0v) is 19.8. The number of sulfone groups is 1. The molecule has 2 aromatic rings. The number of likely N-dealkylation sites (tertiary alicyclic amines) is 1. The minimum absolute atomic E-state index is 0.00657. The third-order valence-corrected chi connectivity index (χ3v) is 9.23. The second kappa shape index (κ2) is 6.81. The van der Waals surface area contributed by atoms with Crippen molar-refractivity contribution in [2.75, 3.05) is 26.9 Å². The molecule has 2 bridgehead atoms. The number of phenolic OH excluding ortho intramolecular Hbond substituents is 1. The highest BCUT2D eigenvalue weighted by Gasteiger charge is 2.70. The number of hydrogen-bond acceptors (Lipinski definition) is 5. The van der Waals surface area contributed by atoms with Gasteiger partial charge in [0.05, 0.1) is 17.4 Å². The summed E-state index contributed by atoms with van der Waals surface area (Å²) in [6, 6.07) is 12.6. The Morgan fingerprint density at radius 2 is 1.91 bits per heavy atom. The van der Waals surface area contributed by atoms with Gasteiger partial charge in [-0.25, -0.2) is 8.42 Å². The molecule has 32 heavy (non-hydrogen) atoms. The molecule has 1 saturated carbocycles. The predicted molar refractivity (Wildman–Crippen MR) is 122 cm³/mol. The molecule has 0 aromatic heterocycles. The van der Waals surface area contributed by atoms with E-state index in [0.717, 1.165) is 30.5 Å². The predicted octanol–water partition coefficient (Wildman–Crippen LogP) is 2.38. The van der Waals surface area contributed by atoms with E-state index in [0.29, 0.717) is 0 Å². The van der Waals surface area contributed by atoms with Crippen LogP contribution in [-0.2, 0) is 32.9 Å². The van der Waals surface area contributed by atoms with Gasteiger partial charge in [-0.05, 0) is 60.8 Å². The van der Waals surface area contributed by atoms with Crippen LogP contribution in [0.25, 0.3) is 0 Å². The van der Waals surface area contributed by atoms with Crippen LogP contribution in [0.1, 0.15) is 30.0 Å². The molecule has 1 unspecified atom stereocenters. The molecule has 2 aliphatic carbocycles. The Hall–Kier alpha value is -2.38. The SMILES string of the molecule is CN1CC23Cc4ccc(O)cc4[C@@](C)(C2)[C@@H](N(C)C(=O)Cc2ccc(S(C)(=O)=O)cc2)[C@H]13. The molecule has 170 valence electrons. The quantitative estimate of drug-likeness (QED) is 0.768. The van der Waals surface area contributed by atoms with Crippen molar-refractivity contribution in [2.24, 2.45) is 5.41 Å². The smallest absolute Gasteiger partial charge is 0.227 e. The maximum Gasteiger partial charge on any atom is 0.227 e. The normalized spacial score (nSPS) is 30.9. The van der Waals surface area contributed by atoms with Crippen molar-refractivity contribution in [3.8, 4) is 5.75 Å². The maximum absolute atomic E-state index is 13.4. The lowest BCUT2D eigenvalue weighted by Gasteiger charge is -2.55. The van der Waals surface area contributed by atoms with Gasteiger partial charge in [-0.1, -0.05) is 25.1 Å². The molecule has 1 heterocycles. The summed E-state index contributed by atoms with van der Waals surface area (Å²) in [6.45, 7) is 3.27. The maximum atomic E-state index is 13.4. The third-order valence-electron chi connectivity index (χ3n) is 8.11. The molecule has 2 fully saturated rings. The van der Waals surface area contributed by atoms with Crippen LogP contribution in [-0.4, -0.2) is 68.2 Å². The summed E-state index contributed by atoms with van der Waals surface area (Å²) >= 11 is 0. The Morgan fingerprint density at radius 1 is 1.22 bits per heavy atom. The molecule has 6 nitrogen and oxygen atoms in total. The van der Waals surface area contributed by atoms with E-state index in [1.54, 1.807) is 30.3 Å². The molecule has 7 heteroatoms. The number of hydrogen-bond donors (Lipinski definition) is 1. The molecule has 1 amide bonds. The van der Waals surface area contributed by atoms with Crippen molar-refractivity contribution in [1.29, 1.82) is 0 Å². The van der Waals surface area contributed by atoms with Gasteiger partial charge in [0.2, 0.25) is 5.91 Å². The van der Waals surface area contributed by atoms with Gasteiger partial charge in [-0.2, -0.15) is 0 Å². The van der Waals surface area contributed by atoms with Crippen molar-refractivity contribution >= 4 is 15.7 Å². The van der Waals surface area contributed by atoms with E-state index in [4.69, 9.17) is 0 Å². The largest absolute Gasteiger partial charge is 0.508 e. The Morgan fingerprint density at radius 3 is 2.53 bits per heavy atom. The van der Waals surface area contributed by atoms with Crippen LogP contribution in [0.3, 0.4) is 0 Å². The van der Waals surface area contributed by atoms with E-state index >= 15 is 0 Å². The fraction of sp³-hybridized carbons (Fsp3) is 0.480. The number of nitrogens with zero attached hydrogens (tertiary/aromatic N) is 2. The number of carbonyl (C=O) groups is 1. The molecule has 0 radical (unpaired) electrons. The summed E-state index contributed by atoms with van der Waals surface area (Å²) in [6.07, 6.45) is 3.40. The van der Waals surface area contributed by atoms with E-state index in [-0.39, 0.29) is 45.9 Å². The van der Waals surface area contributed by atoms with Gasteiger partial charge in [0, 0.05) is 36.7 Å². The lowest BCUT2D eigenvalue weighted by Crippen LogP contribution is -2.67. The first kappa shape index (κ1) is 21.5. The third kappa shape index (κ3) is 3.01. The number of rotatable bonds is 4. The summed E-state index contributed by atoms with van der Waals surface area (Å²) in [4.78, 5) is 17.9. The van der Waals surface area contributed by atoms with Crippen LogP contribution < -0.4 is 0 Å². The average Bonchev–Trinajstić information content (AvgIpc) is 2.88. The van der Waals surface area contributed by atoms with Crippen LogP contribution in [0.2, 0.25) is 0 Å². The summed E-state index contributed by atoms with van der Waals surface area (Å²) in [5, 5.41) is 10.2. The highest BCUT2D eigenvalue weighted by atomic mass is 32.2. The summed E-state index contributed by atoms with van der Waals surface area (Å²) in [7, 11) is 0.770. The first-order valence-corrected chi connectivity index (χ1v) is 12.9. The van der Waals surface area contributed by atoms with Crippen LogP contribution >= 0.6 is 0 Å². The van der Waals surface area contributed by atoms with Gasteiger partial charge in [0.15, 0.2) is 9.84 Å². The molecule has 3 aliphatic rings. The second-order valence-electron chi connectivity index (χ2n) is 10.4. The number of aromatic hydroxyl groups is 1. The van der Waals surface area contributed by atoms with E-state index in [2.05, 4.69) is 18.9 Å². The Balaban J connectivity index is 1.46. The van der Waals surface area contributed by atoms with Gasteiger partial charge in [0.25, 0.3) is 0 Å². The molecule has 5 rings (SSSR count). The lowest BCUT2D eigenvalue weighted by atomic mass is 9.63. The monoisotopic (exact) mass is 454 g/mol. The van der Waals surface area contributed by atoms with Gasteiger partial charge in [-0.3, -0.25) is 4.79 Å². The molecule has 1 spiro atoms. The molecular formula is C25H30N2O4S. The van der Waals surface area contributed by atoms with Gasteiger partial charge in [-0.15, -0.1) is 0 Å². The zero-order chi connectivity index (χ0) is 23.1. The number of likely N-dealkylation sites (N-methyl/N-ethyl adjacent to an activating group) is 2. The van der Waals surface area contributed by atoms with Gasteiger partial charge in [0.1, 0.15) is 5.75 Å². The van der Waals surface area contributed by atoms with Crippen molar-refractivity contribution in [3.05, 3.63) is 59.2 Å². The summed E-state index contributed by atoms with van der Waals surface area (Å²) in [5.41, 5.74) is 3.19. The zero-order valence-electron chi connectivity index (χ0n) is 19.0. The van der Waals surface area contributed by atoms with Gasteiger partial charge < -0.3 is 14.9 Å². The number of phenols is 1. The molecular weight excluding hydrogens is 424 g/mol. The highest BCUT2D eigenvalue weighted by Crippen LogP contribution is 2.64. The van der Waals surface area contributed by atoms with Crippen LogP contribution in [0.5, 0.6) is 5.75 Å². The van der Waals surface area contributed by atoms with E-state index < -0.39 is 9.84 Å². The Bertz CT molecular complexity index is 1210. The topological polar surface area (TPSA) is 77.9 Å². The summed E-state index contributed by atoms with van der Waals surface area (Å²) < 4.78 is 23.4. The van der Waals surface area contributed by atoms with Crippen molar-refractivity contribution < 1.29 is 18.3 Å². The van der Waals surface area contributed by atoms with E-state index in [9.17, 15) is 18.3 Å².